The third-order valence-corrected chi connectivity index (χ3v) is 5.45. The van der Waals surface area contributed by atoms with Crippen molar-refractivity contribution < 1.29 is 8.42 Å². The van der Waals surface area contributed by atoms with Crippen molar-refractivity contribution in [2.24, 2.45) is 0 Å². The van der Waals surface area contributed by atoms with Crippen LogP contribution in [0.5, 0.6) is 0 Å². The molecule has 0 radical (unpaired) electrons. The number of nitrogens with one attached hydrogen (secondary N) is 1. The van der Waals surface area contributed by atoms with Gasteiger partial charge in [0.1, 0.15) is 0 Å². The lowest BCUT2D eigenvalue weighted by Gasteiger charge is -2.10. The predicted octanol–water partition coefficient (Wildman–Crippen LogP) is 0.958. The number of hydrogen-bond acceptors (Lipinski definition) is 4. The molecule has 1 fully saturated rings. The summed E-state index contributed by atoms with van der Waals surface area (Å²) in [6, 6.07) is 2.59. The van der Waals surface area contributed by atoms with Gasteiger partial charge in [-0.05, 0) is 32.8 Å². The second-order valence-electron chi connectivity index (χ2n) is 5.12. The number of hydrogen-bond donors (Lipinski definition) is 1. The molecule has 6 heteroatoms. The van der Waals surface area contributed by atoms with Gasteiger partial charge < -0.3 is 5.32 Å². The van der Waals surface area contributed by atoms with Gasteiger partial charge in [0.05, 0.1) is 23.2 Å². The molecule has 1 heterocycles. The summed E-state index contributed by atoms with van der Waals surface area (Å²) in [7, 11) is -2.99. The van der Waals surface area contributed by atoms with E-state index in [0.717, 1.165) is 12.2 Å². The summed E-state index contributed by atoms with van der Waals surface area (Å²) >= 11 is 0. The first-order valence-electron chi connectivity index (χ1n) is 6.44. The second kappa shape index (κ2) is 5.40. The van der Waals surface area contributed by atoms with E-state index in [1.54, 1.807) is 24.7 Å². The molecule has 1 aromatic rings. The van der Waals surface area contributed by atoms with Crippen LogP contribution in [0.25, 0.3) is 0 Å². The van der Waals surface area contributed by atoms with Gasteiger partial charge in [-0.1, -0.05) is 0 Å². The summed E-state index contributed by atoms with van der Waals surface area (Å²) in [6.07, 6.45) is 4.22. The molecule has 1 saturated carbocycles. The smallest absolute Gasteiger partial charge is 0.154 e. The predicted molar refractivity (Wildman–Crippen MR) is 71.0 cm³/mol. The van der Waals surface area contributed by atoms with Gasteiger partial charge in [0.25, 0.3) is 0 Å². The summed E-state index contributed by atoms with van der Waals surface area (Å²) in [4.78, 5) is 0. The summed E-state index contributed by atoms with van der Waals surface area (Å²) < 4.78 is 25.3. The first kappa shape index (κ1) is 13.5. The standard InChI is InChI=1S/C12H21N3O2S/c1-10(2)18(16,17)8-7-15-12(5-6-14-15)9-13-11-3-4-11/h5-6,10-11,13H,3-4,7-9H2,1-2H3. The maximum absolute atomic E-state index is 11.8. The Morgan fingerprint density at radius 1 is 1.50 bits per heavy atom. The minimum Gasteiger partial charge on any atom is -0.308 e. The van der Waals surface area contributed by atoms with Crippen molar-refractivity contribution in [3.05, 3.63) is 18.0 Å². The van der Waals surface area contributed by atoms with Crippen LogP contribution < -0.4 is 5.32 Å². The summed E-state index contributed by atoms with van der Waals surface area (Å²) in [6.45, 7) is 4.64. The minimum absolute atomic E-state index is 0.156. The fraction of sp³-hybridized carbons (Fsp3) is 0.750. The number of nitrogens with zero attached hydrogens (tertiary/aromatic N) is 2. The van der Waals surface area contributed by atoms with Crippen LogP contribution in [-0.4, -0.2) is 35.2 Å². The Morgan fingerprint density at radius 3 is 2.83 bits per heavy atom. The van der Waals surface area contributed by atoms with Gasteiger partial charge in [-0.2, -0.15) is 5.10 Å². The van der Waals surface area contributed by atoms with E-state index < -0.39 is 9.84 Å². The molecule has 0 atom stereocenters. The highest BCUT2D eigenvalue weighted by molar-refractivity contribution is 7.91. The van der Waals surface area contributed by atoms with E-state index in [1.807, 2.05) is 6.07 Å². The Labute approximate surface area is 108 Å². The molecule has 1 aromatic heterocycles. The maximum Gasteiger partial charge on any atom is 0.154 e. The molecule has 102 valence electrons. The van der Waals surface area contributed by atoms with Gasteiger partial charge in [0.2, 0.25) is 0 Å². The van der Waals surface area contributed by atoms with Gasteiger partial charge in [-0.3, -0.25) is 4.68 Å². The molecule has 1 aliphatic rings. The molecular formula is C12H21N3O2S. The van der Waals surface area contributed by atoms with E-state index in [9.17, 15) is 8.42 Å². The molecule has 18 heavy (non-hydrogen) atoms. The van der Waals surface area contributed by atoms with Gasteiger partial charge >= 0.3 is 0 Å². The highest BCUT2D eigenvalue weighted by Gasteiger charge is 2.21. The molecule has 0 aliphatic heterocycles. The van der Waals surface area contributed by atoms with E-state index >= 15 is 0 Å². The van der Waals surface area contributed by atoms with E-state index in [0.29, 0.717) is 12.6 Å². The second-order valence-corrected chi connectivity index (χ2v) is 7.79. The van der Waals surface area contributed by atoms with Crippen LogP contribution in [0.15, 0.2) is 12.3 Å². The molecule has 0 spiro atoms. The third-order valence-electron chi connectivity index (χ3n) is 3.26. The Bertz CT molecular complexity index is 489. The number of aryl methyl sites for hydroxylation is 1. The Balaban J connectivity index is 1.90. The lowest BCUT2D eigenvalue weighted by atomic mass is 10.4. The lowest BCUT2D eigenvalue weighted by molar-refractivity contribution is 0.555. The van der Waals surface area contributed by atoms with Gasteiger partial charge in [-0.25, -0.2) is 8.42 Å². The molecule has 5 nitrogen and oxygen atoms in total. The van der Waals surface area contributed by atoms with Crippen molar-refractivity contribution in [3.63, 3.8) is 0 Å². The average Bonchev–Trinajstić information content (AvgIpc) is 3.03. The van der Waals surface area contributed by atoms with Crippen molar-refractivity contribution >= 4 is 9.84 Å². The molecule has 0 amide bonds. The third kappa shape index (κ3) is 3.55. The summed E-state index contributed by atoms with van der Waals surface area (Å²) in [5.74, 6) is 0.156. The fourth-order valence-electron chi connectivity index (χ4n) is 1.70. The van der Waals surface area contributed by atoms with E-state index in [1.165, 1.54) is 12.8 Å². The van der Waals surface area contributed by atoms with E-state index in [2.05, 4.69) is 10.4 Å². The van der Waals surface area contributed by atoms with Crippen LogP contribution in [-0.2, 0) is 22.9 Å². The first-order chi connectivity index (χ1) is 8.49. The normalized spacial score (nSPS) is 16.4. The summed E-state index contributed by atoms with van der Waals surface area (Å²) in [5, 5.41) is 7.28. The van der Waals surface area contributed by atoms with Gasteiger partial charge in [-0.15, -0.1) is 0 Å². The van der Waals surface area contributed by atoms with Crippen molar-refractivity contribution in [1.29, 1.82) is 0 Å². The number of sulfone groups is 1. The fourth-order valence-corrected chi connectivity index (χ4v) is 2.60. The van der Waals surface area contributed by atoms with Crippen molar-refractivity contribution in [2.75, 3.05) is 5.75 Å². The maximum atomic E-state index is 11.8. The van der Waals surface area contributed by atoms with Crippen LogP contribution in [0.4, 0.5) is 0 Å². The highest BCUT2D eigenvalue weighted by atomic mass is 32.2. The van der Waals surface area contributed by atoms with Crippen LogP contribution in [0.2, 0.25) is 0 Å². The first-order valence-corrected chi connectivity index (χ1v) is 8.16. The zero-order valence-electron chi connectivity index (χ0n) is 11.0. The zero-order valence-corrected chi connectivity index (χ0v) is 11.8. The Morgan fingerprint density at radius 2 is 2.22 bits per heavy atom. The van der Waals surface area contributed by atoms with Crippen LogP contribution in [0.3, 0.4) is 0 Å². The van der Waals surface area contributed by atoms with Crippen molar-refractivity contribution in [1.82, 2.24) is 15.1 Å². The molecule has 0 saturated heterocycles. The van der Waals surface area contributed by atoms with Crippen LogP contribution in [0.1, 0.15) is 32.4 Å². The van der Waals surface area contributed by atoms with Crippen LogP contribution in [0, 0.1) is 0 Å². The van der Waals surface area contributed by atoms with E-state index in [4.69, 9.17) is 0 Å². The largest absolute Gasteiger partial charge is 0.308 e. The van der Waals surface area contributed by atoms with Crippen molar-refractivity contribution in [3.8, 4) is 0 Å². The molecule has 0 bridgehead atoms. The monoisotopic (exact) mass is 271 g/mol. The Hall–Kier alpha value is -0.880. The summed E-state index contributed by atoms with van der Waals surface area (Å²) in [5.41, 5.74) is 1.06. The molecule has 1 N–H and O–H groups in total. The lowest BCUT2D eigenvalue weighted by Crippen LogP contribution is -2.24. The van der Waals surface area contributed by atoms with Crippen LogP contribution >= 0.6 is 0 Å². The van der Waals surface area contributed by atoms with Crippen molar-refractivity contribution in [2.45, 2.75) is 51.1 Å². The SMILES string of the molecule is CC(C)S(=O)(=O)CCn1nccc1CNC1CC1. The molecular weight excluding hydrogens is 250 g/mol. The quantitative estimate of drug-likeness (QED) is 0.802. The van der Waals surface area contributed by atoms with E-state index in [-0.39, 0.29) is 11.0 Å². The Kier molecular flexibility index (Phi) is 4.07. The van der Waals surface area contributed by atoms with Gasteiger partial charge in [0, 0.05) is 18.8 Å². The minimum atomic E-state index is -2.99. The molecule has 0 unspecified atom stereocenters. The molecule has 2 rings (SSSR count). The number of aromatic nitrogens is 2. The molecule has 0 aromatic carbocycles. The topological polar surface area (TPSA) is 64.0 Å². The number of rotatable bonds is 7. The average molecular weight is 271 g/mol. The molecule has 1 aliphatic carbocycles. The van der Waals surface area contributed by atoms with Gasteiger partial charge in [0.15, 0.2) is 9.84 Å². The zero-order chi connectivity index (χ0) is 13.2. The highest BCUT2D eigenvalue weighted by Crippen LogP contribution is 2.19.